The molecule has 3 heteroatoms. The van der Waals surface area contributed by atoms with Gasteiger partial charge >= 0.3 is 0 Å². The van der Waals surface area contributed by atoms with Crippen molar-refractivity contribution in [1.82, 2.24) is 9.78 Å². The monoisotopic (exact) mass is 153 g/mol. The molecule has 0 bridgehead atoms. The zero-order chi connectivity index (χ0) is 8.43. The molecule has 0 aromatic carbocycles. The van der Waals surface area contributed by atoms with Gasteiger partial charge in [0, 0.05) is 20.3 Å². The van der Waals surface area contributed by atoms with Crippen LogP contribution in [0.5, 0.6) is 0 Å². The van der Waals surface area contributed by atoms with Crippen molar-refractivity contribution in [2.24, 2.45) is 7.05 Å². The van der Waals surface area contributed by atoms with Gasteiger partial charge in [-0.2, -0.15) is 5.10 Å². The maximum atomic E-state index is 4.34. The topological polar surface area (TPSA) is 29.9 Å². The van der Waals surface area contributed by atoms with Crippen LogP contribution in [-0.2, 0) is 7.05 Å². The van der Waals surface area contributed by atoms with Crippen molar-refractivity contribution in [2.45, 2.75) is 19.8 Å². The van der Waals surface area contributed by atoms with Gasteiger partial charge in [0.1, 0.15) is 0 Å². The summed E-state index contributed by atoms with van der Waals surface area (Å²) in [5.41, 5.74) is 2.26. The Kier molecular flexibility index (Phi) is 2.17. The lowest BCUT2D eigenvalue weighted by molar-refractivity contribution is 0.713. The number of rotatable bonds is 2. The molecule has 1 aromatic heterocycles. The number of nitrogens with one attached hydrogen (secondary N) is 1. The third kappa shape index (κ3) is 1.53. The van der Waals surface area contributed by atoms with Crippen LogP contribution in [0, 0.1) is 0 Å². The van der Waals surface area contributed by atoms with E-state index in [9.17, 15) is 0 Å². The van der Waals surface area contributed by atoms with Gasteiger partial charge in [0.25, 0.3) is 0 Å². The molecule has 0 aliphatic rings. The first-order chi connectivity index (χ1) is 5.15. The van der Waals surface area contributed by atoms with Crippen molar-refractivity contribution >= 4 is 5.69 Å². The number of hydrogen-bond donors (Lipinski definition) is 1. The summed E-state index contributed by atoms with van der Waals surface area (Å²) in [6, 6.07) is 0. The number of anilines is 1. The highest BCUT2D eigenvalue weighted by atomic mass is 15.3. The third-order valence-corrected chi connectivity index (χ3v) is 1.67. The lowest BCUT2D eigenvalue weighted by Gasteiger charge is -2.02. The standard InChI is InChI=1S/C8H15N3/c1-6(2)8-7(9-3)5-11(4)10-8/h5-6,9H,1-4H3. The summed E-state index contributed by atoms with van der Waals surface area (Å²) in [7, 11) is 3.86. The zero-order valence-corrected chi connectivity index (χ0v) is 7.55. The highest BCUT2D eigenvalue weighted by molar-refractivity contribution is 5.46. The fourth-order valence-electron chi connectivity index (χ4n) is 1.12. The van der Waals surface area contributed by atoms with Gasteiger partial charge in [0.2, 0.25) is 0 Å². The molecule has 0 atom stereocenters. The normalized spacial score (nSPS) is 10.6. The van der Waals surface area contributed by atoms with Gasteiger partial charge in [-0.1, -0.05) is 13.8 Å². The average molecular weight is 153 g/mol. The predicted octanol–water partition coefficient (Wildman–Crippen LogP) is 1.59. The van der Waals surface area contributed by atoms with E-state index in [-0.39, 0.29) is 0 Å². The number of aryl methyl sites for hydroxylation is 1. The Labute approximate surface area is 67.4 Å². The van der Waals surface area contributed by atoms with Crippen LogP contribution in [0.15, 0.2) is 6.20 Å². The second-order valence-corrected chi connectivity index (χ2v) is 3.01. The van der Waals surface area contributed by atoms with Gasteiger partial charge < -0.3 is 5.32 Å². The van der Waals surface area contributed by atoms with E-state index >= 15 is 0 Å². The molecule has 0 amide bonds. The van der Waals surface area contributed by atoms with E-state index in [1.165, 1.54) is 0 Å². The first-order valence-corrected chi connectivity index (χ1v) is 3.86. The third-order valence-electron chi connectivity index (χ3n) is 1.67. The minimum Gasteiger partial charge on any atom is -0.385 e. The van der Waals surface area contributed by atoms with E-state index in [0.29, 0.717) is 5.92 Å². The van der Waals surface area contributed by atoms with Gasteiger partial charge in [-0.25, -0.2) is 0 Å². The predicted molar refractivity (Wildman–Crippen MR) is 46.8 cm³/mol. The molecule has 62 valence electrons. The molecule has 0 saturated carbocycles. The van der Waals surface area contributed by atoms with E-state index in [1.807, 2.05) is 25.0 Å². The largest absolute Gasteiger partial charge is 0.385 e. The Bertz CT molecular complexity index is 237. The fraction of sp³-hybridized carbons (Fsp3) is 0.625. The Morgan fingerprint density at radius 3 is 2.55 bits per heavy atom. The number of aromatic nitrogens is 2. The molecule has 1 aromatic rings. The molecule has 0 radical (unpaired) electrons. The van der Waals surface area contributed by atoms with E-state index in [1.54, 1.807) is 0 Å². The van der Waals surface area contributed by atoms with Gasteiger partial charge in [-0.15, -0.1) is 0 Å². The molecule has 0 unspecified atom stereocenters. The van der Waals surface area contributed by atoms with Gasteiger partial charge in [0.05, 0.1) is 11.4 Å². The highest BCUT2D eigenvalue weighted by Crippen LogP contribution is 2.20. The second-order valence-electron chi connectivity index (χ2n) is 3.01. The SMILES string of the molecule is CNc1cn(C)nc1C(C)C. The van der Waals surface area contributed by atoms with Crippen molar-refractivity contribution in [1.29, 1.82) is 0 Å². The van der Waals surface area contributed by atoms with E-state index in [2.05, 4.69) is 24.3 Å². The summed E-state index contributed by atoms with van der Waals surface area (Å²) in [6.45, 7) is 4.28. The van der Waals surface area contributed by atoms with Crippen LogP contribution in [0.25, 0.3) is 0 Å². The highest BCUT2D eigenvalue weighted by Gasteiger charge is 2.08. The molecule has 11 heavy (non-hydrogen) atoms. The molecular formula is C8H15N3. The molecule has 1 rings (SSSR count). The Balaban J connectivity index is 3.02. The summed E-state index contributed by atoms with van der Waals surface area (Å²) in [6.07, 6.45) is 2.00. The lowest BCUT2D eigenvalue weighted by Crippen LogP contribution is -1.95. The average Bonchev–Trinajstić information content (AvgIpc) is 2.30. The minimum atomic E-state index is 0.485. The number of hydrogen-bond acceptors (Lipinski definition) is 2. The summed E-state index contributed by atoms with van der Waals surface area (Å²) < 4.78 is 1.83. The Hall–Kier alpha value is -0.990. The first-order valence-electron chi connectivity index (χ1n) is 3.86. The van der Waals surface area contributed by atoms with Crippen molar-refractivity contribution in [3.8, 4) is 0 Å². The summed E-state index contributed by atoms with van der Waals surface area (Å²) in [4.78, 5) is 0. The van der Waals surface area contributed by atoms with Crippen LogP contribution in [0.2, 0.25) is 0 Å². The molecular weight excluding hydrogens is 138 g/mol. The Morgan fingerprint density at radius 1 is 1.55 bits per heavy atom. The van der Waals surface area contributed by atoms with Crippen molar-refractivity contribution in [3.63, 3.8) is 0 Å². The molecule has 1 heterocycles. The van der Waals surface area contributed by atoms with Crippen molar-refractivity contribution < 1.29 is 0 Å². The smallest absolute Gasteiger partial charge is 0.0881 e. The van der Waals surface area contributed by atoms with Crippen LogP contribution in [0.1, 0.15) is 25.5 Å². The molecule has 1 N–H and O–H groups in total. The van der Waals surface area contributed by atoms with Crippen molar-refractivity contribution in [3.05, 3.63) is 11.9 Å². The molecule has 0 spiro atoms. The summed E-state index contributed by atoms with van der Waals surface area (Å²) in [5.74, 6) is 0.485. The zero-order valence-electron chi connectivity index (χ0n) is 7.55. The van der Waals surface area contributed by atoms with Gasteiger partial charge in [-0.3, -0.25) is 4.68 Å². The molecule has 0 saturated heterocycles. The molecule has 3 nitrogen and oxygen atoms in total. The fourth-order valence-corrected chi connectivity index (χ4v) is 1.12. The van der Waals surface area contributed by atoms with Gasteiger partial charge in [-0.05, 0) is 5.92 Å². The maximum Gasteiger partial charge on any atom is 0.0881 e. The van der Waals surface area contributed by atoms with Crippen LogP contribution in [-0.4, -0.2) is 16.8 Å². The summed E-state index contributed by atoms with van der Waals surface area (Å²) in [5, 5.41) is 7.45. The van der Waals surface area contributed by atoms with E-state index in [0.717, 1.165) is 11.4 Å². The molecule has 0 aliphatic carbocycles. The lowest BCUT2D eigenvalue weighted by atomic mass is 10.1. The molecule has 0 fully saturated rings. The van der Waals surface area contributed by atoms with Crippen LogP contribution >= 0.6 is 0 Å². The van der Waals surface area contributed by atoms with Crippen LogP contribution < -0.4 is 5.32 Å². The quantitative estimate of drug-likeness (QED) is 0.699. The van der Waals surface area contributed by atoms with Crippen LogP contribution in [0.3, 0.4) is 0 Å². The molecule has 0 aliphatic heterocycles. The second kappa shape index (κ2) is 2.95. The van der Waals surface area contributed by atoms with E-state index < -0.39 is 0 Å². The first kappa shape index (κ1) is 8.11. The van der Waals surface area contributed by atoms with Crippen molar-refractivity contribution in [2.75, 3.05) is 12.4 Å². The summed E-state index contributed by atoms with van der Waals surface area (Å²) >= 11 is 0. The van der Waals surface area contributed by atoms with E-state index in [4.69, 9.17) is 0 Å². The Morgan fingerprint density at radius 2 is 2.18 bits per heavy atom. The minimum absolute atomic E-state index is 0.485. The maximum absolute atomic E-state index is 4.34. The van der Waals surface area contributed by atoms with Gasteiger partial charge in [0.15, 0.2) is 0 Å². The number of nitrogens with zero attached hydrogens (tertiary/aromatic N) is 2. The van der Waals surface area contributed by atoms with Crippen LogP contribution in [0.4, 0.5) is 5.69 Å².